The molecule has 2 heteroatoms. The third-order valence-corrected chi connectivity index (χ3v) is 2.19. The monoisotopic (exact) mass is 208 g/mol. The van der Waals surface area contributed by atoms with Gasteiger partial charge in [0.25, 0.3) is 0 Å². The van der Waals surface area contributed by atoms with Crippen LogP contribution in [0.15, 0.2) is 41.4 Å². The average molecular weight is 209 g/mol. The summed E-state index contributed by atoms with van der Waals surface area (Å²) < 4.78 is 0. The Morgan fingerprint density at radius 3 is 2.57 bits per heavy atom. The summed E-state index contributed by atoms with van der Waals surface area (Å²) in [6, 6.07) is 9.07. The molecule has 14 heavy (non-hydrogen) atoms. The second kappa shape index (κ2) is 5.61. The van der Waals surface area contributed by atoms with Crippen LogP contribution in [0.4, 0.5) is 0 Å². The van der Waals surface area contributed by atoms with Crippen LogP contribution in [0.3, 0.4) is 0 Å². The largest absolute Gasteiger partial charge is 0.288 e. The molecule has 0 aliphatic carbocycles. The highest BCUT2D eigenvalue weighted by molar-refractivity contribution is 6.45. The first kappa shape index (κ1) is 11.0. The van der Waals surface area contributed by atoms with Crippen LogP contribution >= 0.6 is 11.6 Å². The van der Waals surface area contributed by atoms with Gasteiger partial charge in [0.05, 0.1) is 5.03 Å². The van der Waals surface area contributed by atoms with E-state index >= 15 is 0 Å². The predicted molar refractivity (Wildman–Crippen MR) is 59.6 cm³/mol. The molecule has 0 saturated carbocycles. The van der Waals surface area contributed by atoms with Crippen molar-refractivity contribution in [1.82, 2.24) is 0 Å². The summed E-state index contributed by atoms with van der Waals surface area (Å²) in [5.74, 6) is -0.0966. The minimum atomic E-state index is -0.0966. The SMILES string of the molecule is CCCC=C(Cl)C(=O)c1ccccc1. The zero-order valence-electron chi connectivity index (χ0n) is 8.16. The minimum absolute atomic E-state index is 0.0966. The molecule has 0 N–H and O–H groups in total. The molecule has 0 aliphatic rings. The molecule has 0 bridgehead atoms. The van der Waals surface area contributed by atoms with Crippen LogP contribution < -0.4 is 0 Å². The molecule has 0 unspecified atom stereocenters. The van der Waals surface area contributed by atoms with Crippen molar-refractivity contribution in [3.63, 3.8) is 0 Å². The number of allylic oxidation sites excluding steroid dienone is 2. The van der Waals surface area contributed by atoms with Crippen LogP contribution in [0.5, 0.6) is 0 Å². The van der Waals surface area contributed by atoms with Crippen molar-refractivity contribution in [1.29, 1.82) is 0 Å². The lowest BCUT2D eigenvalue weighted by molar-refractivity contribution is 0.104. The van der Waals surface area contributed by atoms with Gasteiger partial charge in [-0.15, -0.1) is 0 Å². The normalized spacial score (nSPS) is 11.4. The van der Waals surface area contributed by atoms with Gasteiger partial charge in [0.2, 0.25) is 5.78 Å². The Hall–Kier alpha value is -1.08. The smallest absolute Gasteiger partial charge is 0.204 e. The van der Waals surface area contributed by atoms with Crippen LogP contribution in [-0.2, 0) is 0 Å². The Bertz CT molecular complexity index is 327. The van der Waals surface area contributed by atoms with Crippen molar-refractivity contribution in [2.75, 3.05) is 0 Å². The van der Waals surface area contributed by atoms with Gasteiger partial charge >= 0.3 is 0 Å². The van der Waals surface area contributed by atoms with Crippen molar-refractivity contribution >= 4 is 17.4 Å². The Morgan fingerprint density at radius 1 is 1.36 bits per heavy atom. The van der Waals surface area contributed by atoms with E-state index in [1.54, 1.807) is 18.2 Å². The lowest BCUT2D eigenvalue weighted by Gasteiger charge is -1.98. The molecule has 74 valence electrons. The first-order chi connectivity index (χ1) is 6.75. The molecule has 0 amide bonds. The van der Waals surface area contributed by atoms with Gasteiger partial charge in [0.1, 0.15) is 0 Å². The minimum Gasteiger partial charge on any atom is -0.288 e. The highest BCUT2D eigenvalue weighted by Gasteiger charge is 2.07. The van der Waals surface area contributed by atoms with Crippen molar-refractivity contribution in [3.8, 4) is 0 Å². The maximum absolute atomic E-state index is 11.7. The molecule has 0 heterocycles. The lowest BCUT2D eigenvalue weighted by Crippen LogP contribution is -1.98. The highest BCUT2D eigenvalue weighted by atomic mass is 35.5. The van der Waals surface area contributed by atoms with E-state index in [2.05, 4.69) is 0 Å². The number of halogens is 1. The third kappa shape index (κ3) is 3.00. The number of Topliss-reactive ketones (excluding diaryl/α,β-unsaturated/α-hetero) is 1. The number of ketones is 1. The molecule has 1 nitrogen and oxygen atoms in total. The first-order valence-electron chi connectivity index (χ1n) is 4.71. The van der Waals surface area contributed by atoms with Crippen molar-refractivity contribution in [2.24, 2.45) is 0 Å². The van der Waals surface area contributed by atoms with E-state index in [0.29, 0.717) is 10.6 Å². The molecule has 1 aromatic rings. The van der Waals surface area contributed by atoms with Crippen LogP contribution in [0, 0.1) is 0 Å². The summed E-state index contributed by atoms with van der Waals surface area (Å²) in [5, 5.41) is 0.318. The molecule has 0 aliphatic heterocycles. The molecule has 0 spiro atoms. The van der Waals surface area contributed by atoms with Crippen LogP contribution in [-0.4, -0.2) is 5.78 Å². The molecule has 1 aromatic carbocycles. The van der Waals surface area contributed by atoms with E-state index in [1.165, 1.54) is 0 Å². The highest BCUT2D eigenvalue weighted by Crippen LogP contribution is 2.12. The van der Waals surface area contributed by atoms with Gasteiger partial charge in [0.15, 0.2) is 0 Å². The van der Waals surface area contributed by atoms with E-state index in [9.17, 15) is 4.79 Å². The lowest BCUT2D eigenvalue weighted by atomic mass is 10.1. The molecule has 0 saturated heterocycles. The van der Waals surface area contributed by atoms with Gasteiger partial charge in [-0.05, 0) is 6.42 Å². The summed E-state index contributed by atoms with van der Waals surface area (Å²) in [6.45, 7) is 2.05. The summed E-state index contributed by atoms with van der Waals surface area (Å²) in [4.78, 5) is 11.7. The van der Waals surface area contributed by atoms with Crippen molar-refractivity contribution < 1.29 is 4.79 Å². The van der Waals surface area contributed by atoms with E-state index in [1.807, 2.05) is 25.1 Å². The summed E-state index contributed by atoms with van der Waals surface area (Å²) in [5.41, 5.74) is 0.643. The van der Waals surface area contributed by atoms with Crippen molar-refractivity contribution in [2.45, 2.75) is 19.8 Å². The Kier molecular flexibility index (Phi) is 4.41. The van der Waals surface area contributed by atoms with Gasteiger partial charge in [-0.25, -0.2) is 0 Å². The number of hydrogen-bond donors (Lipinski definition) is 0. The molecule has 0 radical (unpaired) electrons. The standard InChI is InChI=1S/C12H13ClO/c1-2-3-9-11(13)12(14)10-7-5-4-6-8-10/h4-9H,2-3H2,1H3. The van der Waals surface area contributed by atoms with Gasteiger partial charge in [-0.3, -0.25) is 4.79 Å². The number of carbonyl (C=O) groups excluding carboxylic acids is 1. The Morgan fingerprint density at radius 2 is 2.00 bits per heavy atom. The quantitative estimate of drug-likeness (QED) is 0.544. The van der Waals surface area contributed by atoms with E-state index < -0.39 is 0 Å². The average Bonchev–Trinajstić information content (AvgIpc) is 2.26. The number of hydrogen-bond acceptors (Lipinski definition) is 1. The second-order valence-corrected chi connectivity index (χ2v) is 3.44. The Balaban J connectivity index is 2.76. The fourth-order valence-corrected chi connectivity index (χ4v) is 1.31. The van der Waals surface area contributed by atoms with Gasteiger partial charge in [0, 0.05) is 5.56 Å². The fraction of sp³-hybridized carbons (Fsp3) is 0.250. The topological polar surface area (TPSA) is 17.1 Å². The molecule has 0 aromatic heterocycles. The van der Waals surface area contributed by atoms with E-state index in [4.69, 9.17) is 11.6 Å². The summed E-state index contributed by atoms with van der Waals surface area (Å²) in [6.07, 6.45) is 3.62. The van der Waals surface area contributed by atoms with Crippen molar-refractivity contribution in [3.05, 3.63) is 47.0 Å². The number of rotatable bonds is 4. The fourth-order valence-electron chi connectivity index (χ4n) is 1.09. The second-order valence-electron chi connectivity index (χ2n) is 3.04. The molecule has 1 rings (SSSR count). The summed E-state index contributed by atoms with van der Waals surface area (Å²) >= 11 is 5.86. The van der Waals surface area contributed by atoms with Crippen LogP contribution in [0.1, 0.15) is 30.1 Å². The van der Waals surface area contributed by atoms with E-state index in [-0.39, 0.29) is 5.78 Å². The first-order valence-corrected chi connectivity index (χ1v) is 5.09. The maximum atomic E-state index is 11.7. The molecule has 0 atom stereocenters. The number of unbranched alkanes of at least 4 members (excludes halogenated alkanes) is 1. The molecular weight excluding hydrogens is 196 g/mol. The predicted octanol–water partition coefficient (Wildman–Crippen LogP) is 3.79. The zero-order chi connectivity index (χ0) is 10.4. The van der Waals surface area contributed by atoms with Gasteiger partial charge < -0.3 is 0 Å². The van der Waals surface area contributed by atoms with Crippen LogP contribution in [0.2, 0.25) is 0 Å². The van der Waals surface area contributed by atoms with E-state index in [0.717, 1.165) is 12.8 Å². The molecular formula is C12H13ClO. The molecule has 0 fully saturated rings. The maximum Gasteiger partial charge on any atom is 0.204 e. The summed E-state index contributed by atoms with van der Waals surface area (Å²) in [7, 11) is 0. The zero-order valence-corrected chi connectivity index (χ0v) is 8.92. The van der Waals surface area contributed by atoms with Gasteiger partial charge in [-0.1, -0.05) is 61.4 Å². The third-order valence-electron chi connectivity index (χ3n) is 1.87. The Labute approximate surface area is 89.4 Å². The number of carbonyl (C=O) groups is 1. The van der Waals surface area contributed by atoms with Gasteiger partial charge in [-0.2, -0.15) is 0 Å². The van der Waals surface area contributed by atoms with Crippen LogP contribution in [0.25, 0.3) is 0 Å². The number of benzene rings is 1.